The highest BCUT2D eigenvalue weighted by Crippen LogP contribution is 2.06. The molecule has 4 nitrogen and oxygen atoms in total. The van der Waals surface area contributed by atoms with E-state index in [1.807, 2.05) is 18.2 Å². The second-order valence-electron chi connectivity index (χ2n) is 2.18. The van der Waals surface area contributed by atoms with Crippen LogP contribution >= 0.6 is 0 Å². The van der Waals surface area contributed by atoms with Crippen molar-refractivity contribution in [2.75, 3.05) is 0 Å². The molecule has 0 aliphatic rings. The first-order valence-electron chi connectivity index (χ1n) is 3.50. The molecule has 0 fully saturated rings. The molecule has 0 saturated heterocycles. The van der Waals surface area contributed by atoms with Crippen LogP contribution in [0.1, 0.15) is 0 Å². The van der Waals surface area contributed by atoms with E-state index in [0.29, 0.717) is 5.82 Å². The van der Waals surface area contributed by atoms with E-state index < -0.39 is 0 Å². The van der Waals surface area contributed by atoms with E-state index >= 15 is 0 Å². The van der Waals surface area contributed by atoms with Gasteiger partial charge in [0.1, 0.15) is 18.3 Å². The Kier molecular flexibility index (Phi) is 1.74. The molecule has 0 aromatic carbocycles. The van der Waals surface area contributed by atoms with E-state index in [9.17, 15) is 0 Å². The predicted molar refractivity (Wildman–Crippen MR) is 43.1 cm³/mol. The molecule has 2 aromatic heterocycles. The maximum Gasteiger partial charge on any atom is 0.181 e. The molecule has 0 aliphatic heterocycles. The van der Waals surface area contributed by atoms with Gasteiger partial charge in [0.2, 0.25) is 0 Å². The molecule has 12 heavy (non-hydrogen) atoms. The van der Waals surface area contributed by atoms with Gasteiger partial charge in [0.25, 0.3) is 0 Å². The maximum atomic E-state index is 4.10. The Hall–Kier alpha value is -1.84. The van der Waals surface area contributed by atoms with Crippen LogP contribution < -0.4 is 0 Å². The summed E-state index contributed by atoms with van der Waals surface area (Å²) in [5, 5.41) is 0. The standard InChI is InChI=1S/C8H6N4/c1-2-4-10-7(3-1)8-11-5-9-6-12-8/h1-6H. The molecule has 4 heteroatoms. The van der Waals surface area contributed by atoms with Crippen molar-refractivity contribution >= 4 is 0 Å². The minimum Gasteiger partial charge on any atom is -0.253 e. The van der Waals surface area contributed by atoms with Gasteiger partial charge in [-0.2, -0.15) is 0 Å². The van der Waals surface area contributed by atoms with Crippen molar-refractivity contribution in [2.45, 2.75) is 0 Å². The van der Waals surface area contributed by atoms with Crippen LogP contribution in [0.2, 0.25) is 0 Å². The Labute approximate surface area is 69.4 Å². The molecule has 2 rings (SSSR count). The highest BCUT2D eigenvalue weighted by Gasteiger charge is 1.97. The molecular formula is C8H6N4. The molecule has 0 N–H and O–H groups in total. The smallest absolute Gasteiger partial charge is 0.181 e. The summed E-state index contributed by atoms with van der Waals surface area (Å²) in [5.41, 5.74) is 0.764. The first-order valence-corrected chi connectivity index (χ1v) is 3.50. The largest absolute Gasteiger partial charge is 0.253 e. The quantitative estimate of drug-likeness (QED) is 0.619. The van der Waals surface area contributed by atoms with Crippen molar-refractivity contribution in [1.82, 2.24) is 19.9 Å². The van der Waals surface area contributed by atoms with Gasteiger partial charge in [-0.1, -0.05) is 6.07 Å². The van der Waals surface area contributed by atoms with Gasteiger partial charge in [0.15, 0.2) is 5.82 Å². The van der Waals surface area contributed by atoms with Crippen LogP contribution in [0.15, 0.2) is 37.1 Å². The summed E-state index contributed by atoms with van der Waals surface area (Å²) in [6.45, 7) is 0. The molecule has 0 amide bonds. The third-order valence-electron chi connectivity index (χ3n) is 1.39. The third-order valence-corrected chi connectivity index (χ3v) is 1.39. The first kappa shape index (κ1) is 6.84. The highest BCUT2D eigenvalue weighted by molar-refractivity contribution is 5.46. The Morgan fingerprint density at radius 2 is 1.75 bits per heavy atom. The molecular weight excluding hydrogens is 152 g/mol. The zero-order valence-corrected chi connectivity index (χ0v) is 6.25. The van der Waals surface area contributed by atoms with Gasteiger partial charge in [-0.25, -0.2) is 15.0 Å². The average Bonchev–Trinajstić information content (AvgIpc) is 2.21. The fourth-order valence-electron chi connectivity index (χ4n) is 0.866. The third kappa shape index (κ3) is 1.27. The Bertz CT molecular complexity index is 308. The summed E-state index contributed by atoms with van der Waals surface area (Å²) in [5.74, 6) is 0.602. The van der Waals surface area contributed by atoms with Gasteiger partial charge in [0, 0.05) is 6.20 Å². The zero-order valence-electron chi connectivity index (χ0n) is 6.25. The van der Waals surface area contributed by atoms with Crippen LogP contribution in [0, 0.1) is 0 Å². The van der Waals surface area contributed by atoms with E-state index in [2.05, 4.69) is 19.9 Å². The fraction of sp³-hybridized carbons (Fsp3) is 0. The summed E-state index contributed by atoms with van der Waals surface area (Å²) >= 11 is 0. The van der Waals surface area contributed by atoms with Crippen molar-refractivity contribution < 1.29 is 0 Å². The normalized spacial score (nSPS) is 9.67. The van der Waals surface area contributed by atoms with Crippen LogP contribution in [0.5, 0.6) is 0 Å². The SMILES string of the molecule is c1ccc(-c2ncncn2)nc1. The van der Waals surface area contributed by atoms with E-state index in [4.69, 9.17) is 0 Å². The van der Waals surface area contributed by atoms with Crippen LogP contribution in [-0.4, -0.2) is 19.9 Å². The molecule has 2 aromatic rings. The van der Waals surface area contributed by atoms with Crippen LogP contribution in [0.25, 0.3) is 11.5 Å². The monoisotopic (exact) mass is 158 g/mol. The number of hydrogen-bond acceptors (Lipinski definition) is 4. The van der Waals surface area contributed by atoms with Crippen LogP contribution in [-0.2, 0) is 0 Å². The summed E-state index contributed by atoms with van der Waals surface area (Å²) in [7, 11) is 0. The van der Waals surface area contributed by atoms with Crippen LogP contribution in [0.3, 0.4) is 0 Å². The van der Waals surface area contributed by atoms with Crippen LogP contribution in [0.4, 0.5) is 0 Å². The number of pyridine rings is 1. The first-order chi connectivity index (χ1) is 5.97. The number of nitrogens with zero attached hydrogens (tertiary/aromatic N) is 4. The second kappa shape index (κ2) is 3.04. The van der Waals surface area contributed by atoms with Crippen molar-refractivity contribution in [2.24, 2.45) is 0 Å². The van der Waals surface area contributed by atoms with Gasteiger partial charge in [0.05, 0.1) is 0 Å². The molecule has 2 heterocycles. The number of hydrogen-bond donors (Lipinski definition) is 0. The number of rotatable bonds is 1. The van der Waals surface area contributed by atoms with Crippen molar-refractivity contribution in [3.63, 3.8) is 0 Å². The molecule has 0 radical (unpaired) electrons. The Morgan fingerprint density at radius 3 is 2.42 bits per heavy atom. The van der Waals surface area contributed by atoms with Gasteiger partial charge in [-0.15, -0.1) is 0 Å². The molecule has 0 bridgehead atoms. The molecule has 58 valence electrons. The van der Waals surface area contributed by atoms with Crippen molar-refractivity contribution in [3.05, 3.63) is 37.1 Å². The minimum atomic E-state index is 0.602. The average molecular weight is 158 g/mol. The summed E-state index contributed by atoms with van der Waals surface area (Å²) in [6.07, 6.45) is 4.62. The minimum absolute atomic E-state index is 0.602. The maximum absolute atomic E-state index is 4.10. The lowest BCUT2D eigenvalue weighted by Crippen LogP contribution is -1.90. The molecule has 0 unspecified atom stereocenters. The summed E-state index contributed by atoms with van der Waals surface area (Å²) < 4.78 is 0. The lowest BCUT2D eigenvalue weighted by atomic mass is 10.3. The molecule has 0 aliphatic carbocycles. The summed E-state index contributed by atoms with van der Waals surface area (Å²) in [6, 6.07) is 5.60. The fourth-order valence-corrected chi connectivity index (χ4v) is 0.866. The Balaban J connectivity index is 2.46. The Morgan fingerprint density at radius 1 is 0.917 bits per heavy atom. The second-order valence-corrected chi connectivity index (χ2v) is 2.18. The molecule has 0 spiro atoms. The zero-order chi connectivity index (χ0) is 8.23. The summed E-state index contributed by atoms with van der Waals surface area (Å²) in [4.78, 5) is 15.7. The number of aromatic nitrogens is 4. The predicted octanol–water partition coefficient (Wildman–Crippen LogP) is 0.934. The van der Waals surface area contributed by atoms with E-state index in [0.717, 1.165) is 5.69 Å². The van der Waals surface area contributed by atoms with Gasteiger partial charge in [-0.05, 0) is 12.1 Å². The van der Waals surface area contributed by atoms with Gasteiger partial charge >= 0.3 is 0 Å². The van der Waals surface area contributed by atoms with Gasteiger partial charge < -0.3 is 0 Å². The van der Waals surface area contributed by atoms with Gasteiger partial charge in [-0.3, -0.25) is 4.98 Å². The topological polar surface area (TPSA) is 51.6 Å². The van der Waals surface area contributed by atoms with Crippen molar-refractivity contribution in [1.29, 1.82) is 0 Å². The van der Waals surface area contributed by atoms with E-state index in [1.165, 1.54) is 12.7 Å². The molecule has 0 atom stereocenters. The molecule has 0 saturated carbocycles. The van der Waals surface area contributed by atoms with E-state index in [-0.39, 0.29) is 0 Å². The van der Waals surface area contributed by atoms with Crippen molar-refractivity contribution in [3.8, 4) is 11.5 Å². The highest BCUT2D eigenvalue weighted by atomic mass is 15.0. The van der Waals surface area contributed by atoms with E-state index in [1.54, 1.807) is 6.20 Å². The lowest BCUT2D eigenvalue weighted by Gasteiger charge is -1.94. The lowest BCUT2D eigenvalue weighted by molar-refractivity contribution is 1.04.